The predicted octanol–water partition coefficient (Wildman–Crippen LogP) is 6.36. The second-order valence-corrected chi connectivity index (χ2v) is 6.22. The molecule has 2 aromatic heterocycles. The first-order valence-corrected chi connectivity index (χ1v) is 8.40. The normalized spacial score (nSPS) is 11.6. The zero-order valence-corrected chi connectivity index (χ0v) is 13.6. The maximum Gasteiger partial charge on any atom is 0.134 e. The molecule has 5 rings (SSSR count). The third-order valence-electron chi connectivity index (χ3n) is 4.59. The molecule has 5 aromatic rings. The van der Waals surface area contributed by atoms with Crippen LogP contribution in [0.3, 0.4) is 0 Å². The molecule has 0 N–H and O–H groups in total. The minimum absolute atomic E-state index is 0.0685. The monoisotopic (exact) mass is 324 g/mol. The minimum atomic E-state index is -0.0685. The predicted molar refractivity (Wildman–Crippen MR) is 99.8 cm³/mol. The smallest absolute Gasteiger partial charge is 0.134 e. The number of rotatable bonds is 3. The van der Waals surface area contributed by atoms with E-state index in [1.54, 1.807) is 0 Å². The Morgan fingerprint density at radius 3 is 1.52 bits per heavy atom. The molecule has 3 aromatic carbocycles. The van der Waals surface area contributed by atoms with Crippen molar-refractivity contribution in [3.8, 4) is 0 Å². The van der Waals surface area contributed by atoms with Gasteiger partial charge in [-0.15, -0.1) is 0 Å². The molecule has 2 nitrogen and oxygen atoms in total. The maximum atomic E-state index is 6.18. The summed E-state index contributed by atoms with van der Waals surface area (Å²) < 4.78 is 12.4. The van der Waals surface area contributed by atoms with Crippen molar-refractivity contribution in [3.63, 3.8) is 0 Å². The van der Waals surface area contributed by atoms with Crippen molar-refractivity contribution in [1.29, 1.82) is 0 Å². The average molecular weight is 324 g/mol. The number of hydrogen-bond acceptors (Lipinski definition) is 2. The summed E-state index contributed by atoms with van der Waals surface area (Å²) in [6.45, 7) is 0. The van der Waals surface area contributed by atoms with Crippen LogP contribution in [0.25, 0.3) is 21.9 Å². The number of benzene rings is 3. The lowest BCUT2D eigenvalue weighted by Crippen LogP contribution is -2.00. The SMILES string of the molecule is c1ccc(C(c2cc3ccccc3o2)c2cc3ccccc3o2)cc1. The molecule has 0 fully saturated rings. The van der Waals surface area contributed by atoms with E-state index >= 15 is 0 Å². The lowest BCUT2D eigenvalue weighted by Gasteiger charge is -2.12. The summed E-state index contributed by atoms with van der Waals surface area (Å²) in [5.74, 6) is 1.72. The largest absolute Gasteiger partial charge is 0.460 e. The van der Waals surface area contributed by atoms with Crippen molar-refractivity contribution in [2.75, 3.05) is 0 Å². The van der Waals surface area contributed by atoms with Crippen LogP contribution in [0.1, 0.15) is 23.0 Å². The van der Waals surface area contributed by atoms with Crippen LogP contribution in [0.5, 0.6) is 0 Å². The second-order valence-electron chi connectivity index (χ2n) is 6.22. The van der Waals surface area contributed by atoms with Gasteiger partial charge in [0, 0.05) is 10.8 Å². The first-order valence-electron chi connectivity index (χ1n) is 8.40. The van der Waals surface area contributed by atoms with E-state index < -0.39 is 0 Å². The second kappa shape index (κ2) is 5.67. The fraction of sp³-hybridized carbons (Fsp3) is 0.0435. The zero-order chi connectivity index (χ0) is 16.6. The van der Waals surface area contributed by atoms with E-state index in [2.05, 4.69) is 36.4 Å². The van der Waals surface area contributed by atoms with Crippen LogP contribution in [-0.4, -0.2) is 0 Å². The summed E-state index contributed by atoms with van der Waals surface area (Å²) in [5, 5.41) is 2.21. The van der Waals surface area contributed by atoms with Gasteiger partial charge in [0.2, 0.25) is 0 Å². The van der Waals surface area contributed by atoms with Gasteiger partial charge in [-0.1, -0.05) is 66.7 Å². The number of para-hydroxylation sites is 2. The molecule has 2 heteroatoms. The van der Waals surface area contributed by atoms with Crippen molar-refractivity contribution >= 4 is 21.9 Å². The summed E-state index contributed by atoms with van der Waals surface area (Å²) in [6.07, 6.45) is 0. The molecule has 0 radical (unpaired) electrons. The Balaban J connectivity index is 1.73. The van der Waals surface area contributed by atoms with E-state index in [1.807, 2.05) is 54.6 Å². The Kier molecular flexibility index (Phi) is 3.20. The van der Waals surface area contributed by atoms with E-state index in [1.165, 1.54) is 0 Å². The fourth-order valence-electron chi connectivity index (χ4n) is 3.40. The third kappa shape index (κ3) is 2.43. The molecule has 25 heavy (non-hydrogen) atoms. The van der Waals surface area contributed by atoms with Crippen LogP contribution in [0, 0.1) is 0 Å². The van der Waals surface area contributed by atoms with Crippen LogP contribution in [-0.2, 0) is 0 Å². The number of hydrogen-bond donors (Lipinski definition) is 0. The molecule has 0 atom stereocenters. The highest BCUT2D eigenvalue weighted by Gasteiger charge is 2.24. The van der Waals surface area contributed by atoms with Gasteiger partial charge in [0.25, 0.3) is 0 Å². The lowest BCUT2D eigenvalue weighted by atomic mass is 9.93. The third-order valence-corrected chi connectivity index (χ3v) is 4.59. The van der Waals surface area contributed by atoms with Crippen LogP contribution in [0.15, 0.2) is 99.8 Å². The van der Waals surface area contributed by atoms with Crippen LogP contribution >= 0.6 is 0 Å². The molecule has 120 valence electrons. The van der Waals surface area contributed by atoms with Gasteiger partial charge in [-0.25, -0.2) is 0 Å². The summed E-state index contributed by atoms with van der Waals surface area (Å²) in [6, 6.07) is 30.8. The molecule has 0 saturated heterocycles. The molecule has 0 unspecified atom stereocenters. The van der Waals surface area contributed by atoms with E-state index in [-0.39, 0.29) is 5.92 Å². The quantitative estimate of drug-likeness (QED) is 0.386. The Hall–Kier alpha value is -3.26. The van der Waals surface area contributed by atoms with Crippen LogP contribution in [0.2, 0.25) is 0 Å². The highest BCUT2D eigenvalue weighted by molar-refractivity contribution is 5.80. The lowest BCUT2D eigenvalue weighted by molar-refractivity contribution is 0.483. The minimum Gasteiger partial charge on any atom is -0.460 e. The summed E-state index contributed by atoms with van der Waals surface area (Å²) in [5.41, 5.74) is 2.95. The van der Waals surface area contributed by atoms with Crippen molar-refractivity contribution in [3.05, 3.63) is 108 Å². The van der Waals surface area contributed by atoms with Gasteiger partial charge >= 0.3 is 0 Å². The van der Waals surface area contributed by atoms with Gasteiger partial charge in [-0.05, 0) is 29.8 Å². The molecule has 0 aliphatic rings. The average Bonchev–Trinajstić information content (AvgIpc) is 3.26. The fourth-order valence-corrected chi connectivity index (χ4v) is 3.40. The Morgan fingerprint density at radius 2 is 1.00 bits per heavy atom. The molecular weight excluding hydrogens is 308 g/mol. The maximum absolute atomic E-state index is 6.18. The molecule has 0 bridgehead atoms. The Bertz CT molecular complexity index is 1010. The highest BCUT2D eigenvalue weighted by atomic mass is 16.4. The van der Waals surface area contributed by atoms with Crippen molar-refractivity contribution in [2.45, 2.75) is 5.92 Å². The van der Waals surface area contributed by atoms with Crippen LogP contribution < -0.4 is 0 Å². The van der Waals surface area contributed by atoms with Gasteiger partial charge in [0.15, 0.2) is 0 Å². The van der Waals surface area contributed by atoms with Gasteiger partial charge in [-0.3, -0.25) is 0 Å². The molecule has 0 aliphatic heterocycles. The molecule has 0 saturated carbocycles. The van der Waals surface area contributed by atoms with Gasteiger partial charge in [0.1, 0.15) is 28.6 Å². The zero-order valence-electron chi connectivity index (χ0n) is 13.6. The summed E-state index contributed by atoms with van der Waals surface area (Å²) in [7, 11) is 0. The Labute approximate surface area is 145 Å². The molecule has 0 amide bonds. The first kappa shape index (κ1) is 14.1. The van der Waals surface area contributed by atoms with E-state index in [4.69, 9.17) is 8.83 Å². The van der Waals surface area contributed by atoms with E-state index in [0.717, 1.165) is 39.0 Å². The molecule has 0 aliphatic carbocycles. The molecular formula is C23H16O2. The van der Waals surface area contributed by atoms with Gasteiger partial charge < -0.3 is 8.83 Å². The number of fused-ring (bicyclic) bond motifs is 2. The van der Waals surface area contributed by atoms with Crippen molar-refractivity contribution in [1.82, 2.24) is 0 Å². The highest BCUT2D eigenvalue weighted by Crippen LogP contribution is 2.37. The topological polar surface area (TPSA) is 26.3 Å². The molecule has 2 heterocycles. The van der Waals surface area contributed by atoms with Crippen molar-refractivity contribution < 1.29 is 8.83 Å². The van der Waals surface area contributed by atoms with E-state index in [0.29, 0.717) is 0 Å². The number of furan rings is 2. The first-order chi connectivity index (χ1) is 12.4. The standard InChI is InChI=1S/C23H16O2/c1-2-8-16(9-3-1)23(21-14-17-10-4-6-12-19(17)24-21)22-15-18-11-5-7-13-20(18)25-22/h1-15,23H. The van der Waals surface area contributed by atoms with Crippen LogP contribution in [0.4, 0.5) is 0 Å². The van der Waals surface area contributed by atoms with Crippen molar-refractivity contribution in [2.24, 2.45) is 0 Å². The van der Waals surface area contributed by atoms with Gasteiger partial charge in [0.05, 0.1) is 0 Å². The Morgan fingerprint density at radius 1 is 0.520 bits per heavy atom. The summed E-state index contributed by atoms with van der Waals surface area (Å²) in [4.78, 5) is 0. The van der Waals surface area contributed by atoms with E-state index in [9.17, 15) is 0 Å². The summed E-state index contributed by atoms with van der Waals surface area (Å²) >= 11 is 0. The van der Waals surface area contributed by atoms with Gasteiger partial charge in [-0.2, -0.15) is 0 Å². The molecule has 0 spiro atoms.